The van der Waals surface area contributed by atoms with Crippen molar-refractivity contribution >= 4 is 51.6 Å². The van der Waals surface area contributed by atoms with Gasteiger partial charge in [-0.15, -0.1) is 0 Å². The van der Waals surface area contributed by atoms with Crippen LogP contribution in [0.3, 0.4) is 0 Å². The van der Waals surface area contributed by atoms with Crippen LogP contribution in [0, 0.1) is 5.82 Å². The van der Waals surface area contributed by atoms with Crippen molar-refractivity contribution in [2.75, 3.05) is 23.2 Å². The standard InChI is InChI=1S/C24H18ClFN4O4/c1-34-19-4-2-3-18(13-19)28-23(32)24(33)29-30-20-10-5-15(25)11-14(20)12-21(30)22(31)27-17-8-6-16(26)7-9-17/h2-13H,1H3,(H,27,31)(H,28,32)(H,29,33). The Hall–Kier alpha value is -4.37. The Labute approximate surface area is 198 Å². The first-order valence-corrected chi connectivity index (χ1v) is 10.4. The number of carbonyl (C=O) groups excluding carboxylic acids is 3. The van der Waals surface area contributed by atoms with Crippen LogP contribution in [-0.4, -0.2) is 29.5 Å². The number of carbonyl (C=O) groups is 3. The summed E-state index contributed by atoms with van der Waals surface area (Å²) in [7, 11) is 1.48. The molecule has 0 saturated carbocycles. The number of benzene rings is 3. The van der Waals surface area contributed by atoms with Gasteiger partial charge in [0.05, 0.1) is 12.6 Å². The van der Waals surface area contributed by atoms with Crippen molar-refractivity contribution in [1.82, 2.24) is 4.68 Å². The highest BCUT2D eigenvalue weighted by molar-refractivity contribution is 6.42. The van der Waals surface area contributed by atoms with Gasteiger partial charge in [-0.25, -0.2) is 9.07 Å². The molecule has 3 amide bonds. The van der Waals surface area contributed by atoms with Gasteiger partial charge in [0, 0.05) is 27.8 Å². The van der Waals surface area contributed by atoms with Gasteiger partial charge in [0.1, 0.15) is 17.3 Å². The van der Waals surface area contributed by atoms with Gasteiger partial charge in [-0.2, -0.15) is 0 Å². The van der Waals surface area contributed by atoms with Gasteiger partial charge >= 0.3 is 11.8 Å². The van der Waals surface area contributed by atoms with E-state index in [1.807, 2.05) is 0 Å². The lowest BCUT2D eigenvalue weighted by atomic mass is 10.2. The summed E-state index contributed by atoms with van der Waals surface area (Å²) >= 11 is 6.07. The molecule has 1 aromatic heterocycles. The number of aromatic nitrogens is 1. The Morgan fingerprint density at radius 1 is 0.882 bits per heavy atom. The summed E-state index contributed by atoms with van der Waals surface area (Å²) in [4.78, 5) is 38.1. The third-order valence-corrected chi connectivity index (χ3v) is 5.08. The Morgan fingerprint density at radius 2 is 1.65 bits per heavy atom. The van der Waals surface area contributed by atoms with Gasteiger partial charge in [-0.1, -0.05) is 17.7 Å². The second-order valence-corrected chi connectivity index (χ2v) is 7.59. The van der Waals surface area contributed by atoms with Gasteiger partial charge in [0.2, 0.25) is 0 Å². The molecule has 0 spiro atoms. The minimum atomic E-state index is -1.01. The summed E-state index contributed by atoms with van der Waals surface area (Å²) in [5.74, 6) is -2.49. The average Bonchev–Trinajstić information content (AvgIpc) is 3.18. The molecule has 8 nitrogen and oxygen atoms in total. The highest BCUT2D eigenvalue weighted by atomic mass is 35.5. The molecule has 0 aliphatic carbocycles. The quantitative estimate of drug-likeness (QED) is 0.368. The number of amides is 3. The first kappa shape index (κ1) is 22.8. The number of halogens is 2. The molecule has 0 unspecified atom stereocenters. The average molecular weight is 481 g/mol. The van der Waals surface area contributed by atoms with Crippen molar-refractivity contribution in [3.05, 3.63) is 89.3 Å². The number of rotatable bonds is 5. The highest BCUT2D eigenvalue weighted by Crippen LogP contribution is 2.24. The molecular weight excluding hydrogens is 463 g/mol. The third-order valence-electron chi connectivity index (χ3n) is 4.85. The summed E-state index contributed by atoms with van der Waals surface area (Å²) in [6.07, 6.45) is 0. The second-order valence-electron chi connectivity index (χ2n) is 7.16. The number of nitrogens with zero attached hydrogens (tertiary/aromatic N) is 1. The molecule has 0 radical (unpaired) electrons. The molecule has 0 aliphatic heterocycles. The topological polar surface area (TPSA) is 101 Å². The lowest BCUT2D eigenvalue weighted by Gasteiger charge is -2.13. The van der Waals surface area contributed by atoms with Gasteiger partial charge < -0.3 is 15.4 Å². The second kappa shape index (κ2) is 9.63. The Kier molecular flexibility index (Phi) is 6.46. The van der Waals surface area contributed by atoms with Crippen molar-refractivity contribution in [1.29, 1.82) is 0 Å². The molecule has 0 bridgehead atoms. The van der Waals surface area contributed by atoms with Gasteiger partial charge in [0.25, 0.3) is 5.91 Å². The number of fused-ring (bicyclic) bond motifs is 1. The predicted octanol–water partition coefficient (Wildman–Crippen LogP) is 4.40. The van der Waals surface area contributed by atoms with Crippen LogP contribution in [0.2, 0.25) is 5.02 Å². The third kappa shape index (κ3) is 5.00. The van der Waals surface area contributed by atoms with Crippen LogP contribution in [-0.2, 0) is 9.59 Å². The first-order chi connectivity index (χ1) is 16.3. The minimum Gasteiger partial charge on any atom is -0.497 e. The predicted molar refractivity (Wildman–Crippen MR) is 127 cm³/mol. The number of hydrogen-bond acceptors (Lipinski definition) is 4. The van der Waals surface area contributed by atoms with E-state index in [4.69, 9.17) is 16.3 Å². The van der Waals surface area contributed by atoms with E-state index in [-0.39, 0.29) is 5.69 Å². The molecule has 3 N–H and O–H groups in total. The first-order valence-electron chi connectivity index (χ1n) is 9.98. The smallest absolute Gasteiger partial charge is 0.328 e. The van der Waals surface area contributed by atoms with Crippen LogP contribution in [0.15, 0.2) is 72.8 Å². The van der Waals surface area contributed by atoms with Crippen molar-refractivity contribution in [3.63, 3.8) is 0 Å². The van der Waals surface area contributed by atoms with Crippen molar-refractivity contribution < 1.29 is 23.5 Å². The number of hydrogen-bond donors (Lipinski definition) is 3. The lowest BCUT2D eigenvalue weighted by molar-refractivity contribution is -0.133. The van der Waals surface area contributed by atoms with Crippen molar-refractivity contribution in [3.8, 4) is 5.75 Å². The van der Waals surface area contributed by atoms with Crippen LogP contribution in [0.1, 0.15) is 10.5 Å². The van der Waals surface area contributed by atoms with E-state index in [2.05, 4.69) is 16.1 Å². The zero-order valence-corrected chi connectivity index (χ0v) is 18.5. The number of anilines is 2. The molecule has 1 heterocycles. The molecule has 34 heavy (non-hydrogen) atoms. The molecule has 0 atom stereocenters. The van der Waals surface area contributed by atoms with Crippen LogP contribution < -0.4 is 20.8 Å². The maximum absolute atomic E-state index is 13.2. The molecule has 4 rings (SSSR count). The molecule has 0 fully saturated rings. The van der Waals surface area contributed by atoms with Crippen LogP contribution in [0.25, 0.3) is 10.9 Å². The van der Waals surface area contributed by atoms with E-state index in [0.29, 0.717) is 33.0 Å². The van der Waals surface area contributed by atoms with Crippen molar-refractivity contribution in [2.24, 2.45) is 0 Å². The van der Waals surface area contributed by atoms with Crippen LogP contribution in [0.5, 0.6) is 5.75 Å². The molecular formula is C24H18ClFN4O4. The van der Waals surface area contributed by atoms with E-state index < -0.39 is 23.5 Å². The van der Waals surface area contributed by atoms with E-state index in [9.17, 15) is 18.8 Å². The molecule has 10 heteroatoms. The molecule has 4 aromatic rings. The lowest BCUT2D eigenvalue weighted by Crippen LogP contribution is -2.36. The normalized spacial score (nSPS) is 10.6. The molecule has 0 saturated heterocycles. The van der Waals surface area contributed by atoms with E-state index >= 15 is 0 Å². The SMILES string of the molecule is COc1cccc(NC(=O)C(=O)Nn2c(C(=O)Nc3ccc(F)cc3)cc3cc(Cl)ccc32)c1. The number of nitrogens with one attached hydrogen (secondary N) is 3. The Morgan fingerprint density at radius 3 is 2.38 bits per heavy atom. The van der Waals surface area contributed by atoms with Gasteiger partial charge in [-0.05, 0) is 60.7 Å². The molecule has 3 aromatic carbocycles. The van der Waals surface area contributed by atoms with Crippen LogP contribution >= 0.6 is 11.6 Å². The fourth-order valence-corrected chi connectivity index (χ4v) is 3.42. The maximum atomic E-state index is 13.2. The fourth-order valence-electron chi connectivity index (χ4n) is 3.24. The fraction of sp³-hybridized carbons (Fsp3) is 0.0417. The zero-order valence-electron chi connectivity index (χ0n) is 17.8. The summed E-state index contributed by atoms with van der Waals surface area (Å²) in [6, 6.07) is 18.0. The zero-order chi connectivity index (χ0) is 24.2. The maximum Gasteiger partial charge on any atom is 0.328 e. The largest absolute Gasteiger partial charge is 0.497 e. The Bertz CT molecular complexity index is 1400. The summed E-state index contributed by atoms with van der Waals surface area (Å²) < 4.78 is 19.5. The Balaban J connectivity index is 1.61. The van der Waals surface area contributed by atoms with Crippen molar-refractivity contribution in [2.45, 2.75) is 0 Å². The number of methoxy groups -OCH3 is 1. The summed E-state index contributed by atoms with van der Waals surface area (Å²) in [6.45, 7) is 0. The molecule has 172 valence electrons. The molecule has 0 aliphatic rings. The summed E-state index contributed by atoms with van der Waals surface area (Å²) in [5.41, 5.74) is 3.63. The summed E-state index contributed by atoms with van der Waals surface area (Å²) in [5, 5.41) is 6.10. The van der Waals surface area contributed by atoms with E-state index in [1.165, 1.54) is 42.1 Å². The monoisotopic (exact) mass is 480 g/mol. The van der Waals surface area contributed by atoms with E-state index in [1.54, 1.807) is 42.5 Å². The van der Waals surface area contributed by atoms with Gasteiger partial charge in [-0.3, -0.25) is 19.8 Å². The minimum absolute atomic E-state index is 0.0316. The van der Waals surface area contributed by atoms with Gasteiger partial charge in [0.15, 0.2) is 0 Å². The number of ether oxygens (including phenoxy) is 1. The van der Waals surface area contributed by atoms with Crippen LogP contribution in [0.4, 0.5) is 15.8 Å². The van der Waals surface area contributed by atoms with E-state index in [0.717, 1.165) is 0 Å². The highest BCUT2D eigenvalue weighted by Gasteiger charge is 2.21.